The summed E-state index contributed by atoms with van der Waals surface area (Å²) in [6.07, 6.45) is 0.218. The molecule has 0 bridgehead atoms. The van der Waals surface area contributed by atoms with Crippen molar-refractivity contribution in [2.45, 2.75) is 26.4 Å². The average molecular weight is 433 g/mol. The minimum atomic E-state index is -4.16. The lowest BCUT2D eigenvalue weighted by molar-refractivity contribution is -0.144. The number of aryl methyl sites for hydroxylation is 1. The van der Waals surface area contributed by atoms with Gasteiger partial charge in [0, 0.05) is 25.2 Å². The van der Waals surface area contributed by atoms with Crippen LogP contribution in [0.2, 0.25) is 0 Å². The average Bonchev–Trinajstić information content (AvgIpc) is 3.09. The molecule has 2 rings (SSSR count). The van der Waals surface area contributed by atoms with E-state index < -0.39 is 44.0 Å². The minimum Gasteiger partial charge on any atom is -0.469 e. The van der Waals surface area contributed by atoms with Gasteiger partial charge in [-0.2, -0.15) is 5.10 Å². The molecule has 2 atom stereocenters. The van der Waals surface area contributed by atoms with Crippen LogP contribution < -0.4 is 5.32 Å². The van der Waals surface area contributed by atoms with Crippen LogP contribution in [0.3, 0.4) is 0 Å². The van der Waals surface area contributed by atoms with Crippen molar-refractivity contribution in [3.63, 3.8) is 0 Å². The Balaban J connectivity index is 1.91. The smallest absolute Gasteiger partial charge is 0.469 e. The standard InChI is InChI=1S/C16H24N3O9P/c1-16(2)9-26-29(23,27-10-25-15(22)11-5-8-18-19(11)3)28-13(16)14(21)17-7-6-12(20)24-4/h5,8,13H,6-7,9-10H2,1-4H3,(H,17,21)/t13-,29+/m0/s1. The molecular weight excluding hydrogens is 409 g/mol. The fourth-order valence-electron chi connectivity index (χ4n) is 2.37. The van der Waals surface area contributed by atoms with Gasteiger partial charge in [-0.1, -0.05) is 13.8 Å². The highest BCUT2D eigenvalue weighted by molar-refractivity contribution is 7.48. The van der Waals surface area contributed by atoms with Crippen molar-refractivity contribution < 1.29 is 42.0 Å². The first-order chi connectivity index (χ1) is 13.6. The molecule has 1 amide bonds. The van der Waals surface area contributed by atoms with Crippen LogP contribution in [0.1, 0.15) is 30.8 Å². The van der Waals surface area contributed by atoms with E-state index in [2.05, 4.69) is 15.2 Å². The Morgan fingerprint density at radius 2 is 2.14 bits per heavy atom. The molecule has 0 aliphatic carbocycles. The third-order valence-corrected chi connectivity index (χ3v) is 5.40. The van der Waals surface area contributed by atoms with E-state index >= 15 is 0 Å². The SMILES string of the molecule is COC(=O)CCNC(=O)[C@@H]1O[P@@](=O)(OCOC(=O)c2ccnn2C)OCC1(C)C. The van der Waals surface area contributed by atoms with Gasteiger partial charge < -0.3 is 14.8 Å². The van der Waals surface area contributed by atoms with Gasteiger partial charge in [-0.05, 0) is 6.07 Å². The summed E-state index contributed by atoms with van der Waals surface area (Å²) in [7, 11) is -1.36. The lowest BCUT2D eigenvalue weighted by Gasteiger charge is -2.39. The summed E-state index contributed by atoms with van der Waals surface area (Å²) < 4.78 is 38.8. The molecule has 0 radical (unpaired) electrons. The highest BCUT2D eigenvalue weighted by atomic mass is 31.2. The van der Waals surface area contributed by atoms with Crippen molar-refractivity contribution in [3.05, 3.63) is 18.0 Å². The summed E-state index contributed by atoms with van der Waals surface area (Å²) in [4.78, 5) is 35.5. The second kappa shape index (κ2) is 9.49. The predicted molar refractivity (Wildman–Crippen MR) is 96.4 cm³/mol. The van der Waals surface area contributed by atoms with Gasteiger partial charge in [0.15, 0.2) is 6.10 Å². The quantitative estimate of drug-likeness (QED) is 0.355. The van der Waals surface area contributed by atoms with Crippen LogP contribution in [0.4, 0.5) is 0 Å². The van der Waals surface area contributed by atoms with E-state index in [1.54, 1.807) is 20.9 Å². The highest BCUT2D eigenvalue weighted by Gasteiger charge is 2.49. The Hall–Kier alpha value is -2.27. The van der Waals surface area contributed by atoms with Crippen molar-refractivity contribution in [3.8, 4) is 0 Å². The van der Waals surface area contributed by atoms with E-state index in [0.717, 1.165) is 0 Å². The van der Waals surface area contributed by atoms with E-state index in [4.69, 9.17) is 18.3 Å². The van der Waals surface area contributed by atoms with Crippen molar-refractivity contribution in [1.82, 2.24) is 15.1 Å². The van der Waals surface area contributed by atoms with Gasteiger partial charge >= 0.3 is 19.8 Å². The van der Waals surface area contributed by atoms with Crippen LogP contribution in [0, 0.1) is 5.41 Å². The maximum Gasteiger partial charge on any atom is 0.478 e. The number of aromatic nitrogens is 2. The zero-order valence-electron chi connectivity index (χ0n) is 16.6. The number of phosphoric ester groups is 1. The number of phosphoric acid groups is 1. The molecule has 0 unspecified atom stereocenters. The zero-order chi connectivity index (χ0) is 21.7. The van der Waals surface area contributed by atoms with Crippen LogP contribution in [0.15, 0.2) is 12.3 Å². The second-order valence-corrected chi connectivity index (χ2v) is 8.45. The summed E-state index contributed by atoms with van der Waals surface area (Å²) in [6.45, 7) is 2.58. The third kappa shape index (κ3) is 6.10. The van der Waals surface area contributed by atoms with Crippen molar-refractivity contribution in [2.24, 2.45) is 12.5 Å². The summed E-state index contributed by atoms with van der Waals surface area (Å²) >= 11 is 0. The Labute approximate surface area is 167 Å². The maximum absolute atomic E-state index is 12.7. The summed E-state index contributed by atoms with van der Waals surface area (Å²) in [6, 6.07) is 1.44. The number of ether oxygens (including phenoxy) is 2. The molecule has 1 aromatic heterocycles. The van der Waals surface area contributed by atoms with E-state index in [1.807, 2.05) is 0 Å². The number of esters is 2. The zero-order valence-corrected chi connectivity index (χ0v) is 17.5. The fraction of sp³-hybridized carbons (Fsp3) is 0.625. The number of carbonyl (C=O) groups excluding carboxylic acids is 3. The van der Waals surface area contributed by atoms with Gasteiger partial charge in [-0.3, -0.25) is 23.3 Å². The van der Waals surface area contributed by atoms with Crippen LogP contribution in [0.25, 0.3) is 0 Å². The molecule has 1 aliphatic heterocycles. The molecule has 1 aliphatic rings. The molecule has 1 N–H and O–H groups in total. The van der Waals surface area contributed by atoms with Gasteiger partial charge in [0.1, 0.15) is 5.69 Å². The molecular formula is C16H24N3O9P. The summed E-state index contributed by atoms with van der Waals surface area (Å²) in [5.41, 5.74) is -0.654. The number of hydrogen-bond acceptors (Lipinski definition) is 10. The molecule has 0 saturated carbocycles. The first-order valence-corrected chi connectivity index (χ1v) is 10.1. The summed E-state index contributed by atoms with van der Waals surface area (Å²) in [5.74, 6) is -1.81. The Morgan fingerprint density at radius 3 is 2.76 bits per heavy atom. The topological polar surface area (TPSA) is 144 Å². The third-order valence-electron chi connectivity index (χ3n) is 4.06. The van der Waals surface area contributed by atoms with E-state index in [1.165, 1.54) is 24.1 Å². The van der Waals surface area contributed by atoms with Crippen LogP contribution in [-0.2, 0) is 44.2 Å². The number of nitrogens with one attached hydrogen (secondary N) is 1. The van der Waals surface area contributed by atoms with E-state index in [9.17, 15) is 18.9 Å². The molecule has 162 valence electrons. The van der Waals surface area contributed by atoms with Crippen molar-refractivity contribution >= 4 is 25.7 Å². The predicted octanol–water partition coefficient (Wildman–Crippen LogP) is 0.780. The molecule has 13 heteroatoms. The molecule has 12 nitrogen and oxygen atoms in total. The molecule has 0 aromatic carbocycles. The normalized spacial score (nSPS) is 23.2. The maximum atomic E-state index is 12.7. The Kier molecular flexibility index (Phi) is 7.53. The number of amides is 1. The van der Waals surface area contributed by atoms with Gasteiger partial charge in [0.25, 0.3) is 0 Å². The minimum absolute atomic E-state index is 0.0236. The van der Waals surface area contributed by atoms with Gasteiger partial charge in [0.2, 0.25) is 12.7 Å². The van der Waals surface area contributed by atoms with Crippen LogP contribution in [-0.4, -0.2) is 60.8 Å². The molecule has 1 saturated heterocycles. The van der Waals surface area contributed by atoms with E-state index in [0.29, 0.717) is 0 Å². The second-order valence-electron chi connectivity index (χ2n) is 6.83. The van der Waals surface area contributed by atoms with Gasteiger partial charge in [0.05, 0.1) is 20.1 Å². The molecule has 2 heterocycles. The number of hydrogen-bond donors (Lipinski definition) is 1. The Bertz CT molecular complexity index is 807. The number of nitrogens with zero attached hydrogens (tertiary/aromatic N) is 2. The first kappa shape index (κ1) is 23.0. The Morgan fingerprint density at radius 1 is 1.41 bits per heavy atom. The lowest BCUT2D eigenvalue weighted by Crippen LogP contribution is -2.50. The van der Waals surface area contributed by atoms with Crippen molar-refractivity contribution in [2.75, 3.05) is 27.1 Å². The first-order valence-electron chi connectivity index (χ1n) is 8.65. The van der Waals surface area contributed by atoms with Crippen LogP contribution >= 0.6 is 7.82 Å². The molecule has 1 aromatic rings. The number of methoxy groups -OCH3 is 1. The highest BCUT2D eigenvalue weighted by Crippen LogP contribution is 2.57. The van der Waals surface area contributed by atoms with Gasteiger partial charge in [-0.15, -0.1) is 0 Å². The van der Waals surface area contributed by atoms with Crippen molar-refractivity contribution in [1.29, 1.82) is 0 Å². The monoisotopic (exact) mass is 433 g/mol. The molecule has 0 spiro atoms. The van der Waals surface area contributed by atoms with E-state index in [-0.39, 0.29) is 25.3 Å². The number of carbonyl (C=O) groups is 3. The van der Waals surface area contributed by atoms with Gasteiger partial charge in [-0.25, -0.2) is 13.9 Å². The molecule has 29 heavy (non-hydrogen) atoms. The van der Waals surface area contributed by atoms with Crippen LogP contribution in [0.5, 0.6) is 0 Å². The summed E-state index contributed by atoms with van der Waals surface area (Å²) in [5, 5.41) is 6.35. The fourth-order valence-corrected chi connectivity index (χ4v) is 3.88. The lowest BCUT2D eigenvalue weighted by atomic mass is 9.87. The number of rotatable bonds is 8. The largest absolute Gasteiger partial charge is 0.478 e. The molecule has 1 fully saturated rings.